The smallest absolute Gasteiger partial charge is 0.164 e. The van der Waals surface area contributed by atoms with Gasteiger partial charge in [0.2, 0.25) is 0 Å². The number of halogens is 2. The van der Waals surface area contributed by atoms with Gasteiger partial charge < -0.3 is 9.72 Å². The van der Waals surface area contributed by atoms with Crippen molar-refractivity contribution in [3.63, 3.8) is 0 Å². The molecule has 0 spiro atoms. The monoisotopic (exact) mass is 332 g/mol. The Morgan fingerprint density at radius 3 is 2.59 bits per heavy atom. The third-order valence-corrected chi connectivity index (χ3v) is 4.00. The molecule has 1 N–H and O–H groups in total. The fourth-order valence-electron chi connectivity index (χ4n) is 2.48. The average Bonchev–Trinajstić information content (AvgIpc) is 2.85. The molecule has 0 fully saturated rings. The summed E-state index contributed by atoms with van der Waals surface area (Å²) < 4.78 is 5.88. The quantitative estimate of drug-likeness (QED) is 0.598. The lowest BCUT2D eigenvalue weighted by molar-refractivity contribution is 0.484. The molecule has 1 heterocycles. The maximum absolute atomic E-state index is 6.13. The Bertz CT molecular complexity index is 788. The van der Waals surface area contributed by atoms with Gasteiger partial charge in [-0.1, -0.05) is 37.0 Å². The van der Waals surface area contributed by atoms with Crippen LogP contribution in [0.3, 0.4) is 0 Å². The number of hydrogen-bond donors (Lipinski definition) is 1. The first-order valence-electron chi connectivity index (χ1n) is 7.17. The molecule has 1 aromatic heterocycles. The second-order valence-corrected chi connectivity index (χ2v) is 6.52. The van der Waals surface area contributed by atoms with E-state index in [0.717, 1.165) is 11.9 Å². The molecule has 22 heavy (non-hydrogen) atoms. The van der Waals surface area contributed by atoms with Gasteiger partial charge in [-0.25, -0.2) is 0 Å². The van der Waals surface area contributed by atoms with Crippen LogP contribution in [0.25, 0.3) is 10.9 Å². The first-order valence-corrected chi connectivity index (χ1v) is 7.93. The van der Waals surface area contributed by atoms with E-state index in [1.54, 1.807) is 12.1 Å². The summed E-state index contributed by atoms with van der Waals surface area (Å²) in [5.41, 5.74) is 2.38. The molecule has 113 valence electrons. The second-order valence-electron chi connectivity index (χ2n) is 5.70. The Morgan fingerprint density at radius 1 is 1.18 bits per heavy atom. The molecule has 4 heteroatoms. The van der Waals surface area contributed by atoms with Gasteiger partial charge in [-0.2, -0.15) is 0 Å². The Morgan fingerprint density at radius 2 is 1.91 bits per heavy atom. The van der Waals surface area contributed by atoms with Gasteiger partial charge in [0.15, 0.2) is 5.75 Å². The van der Waals surface area contributed by atoms with E-state index in [1.807, 2.05) is 18.2 Å². The number of hydrogen-bond acceptors (Lipinski definition) is 1. The topological polar surface area (TPSA) is 25.0 Å². The zero-order valence-electron chi connectivity index (χ0n) is 12.4. The van der Waals surface area contributed by atoms with Crippen molar-refractivity contribution in [2.75, 3.05) is 0 Å². The summed E-state index contributed by atoms with van der Waals surface area (Å²) in [5.74, 6) is 1.77. The Kier molecular flexibility index (Phi) is 4.32. The van der Waals surface area contributed by atoms with Crippen molar-refractivity contribution in [1.29, 1.82) is 0 Å². The highest BCUT2D eigenvalue weighted by atomic mass is 35.5. The fraction of sp³-hybridized carbons (Fsp3) is 0.222. The minimum Gasteiger partial charge on any atom is -0.454 e. The molecule has 2 aromatic carbocycles. The predicted molar refractivity (Wildman–Crippen MR) is 92.2 cm³/mol. The summed E-state index contributed by atoms with van der Waals surface area (Å²) in [6.45, 7) is 4.42. The summed E-state index contributed by atoms with van der Waals surface area (Å²) in [6.07, 6.45) is 3.08. The van der Waals surface area contributed by atoms with Gasteiger partial charge in [0.1, 0.15) is 5.75 Å². The Balaban J connectivity index is 1.98. The summed E-state index contributed by atoms with van der Waals surface area (Å²) in [5, 5.41) is 2.06. The van der Waals surface area contributed by atoms with Gasteiger partial charge in [0, 0.05) is 17.1 Å². The van der Waals surface area contributed by atoms with E-state index < -0.39 is 0 Å². The first kappa shape index (κ1) is 15.3. The lowest BCUT2D eigenvalue weighted by atomic mass is 10.0. The van der Waals surface area contributed by atoms with Crippen LogP contribution in [0.2, 0.25) is 10.0 Å². The van der Waals surface area contributed by atoms with Crippen molar-refractivity contribution in [2.24, 2.45) is 5.92 Å². The van der Waals surface area contributed by atoms with Crippen molar-refractivity contribution in [2.45, 2.75) is 20.3 Å². The van der Waals surface area contributed by atoms with E-state index in [9.17, 15) is 0 Å². The van der Waals surface area contributed by atoms with Gasteiger partial charge in [-0.05, 0) is 54.3 Å². The molecule has 0 unspecified atom stereocenters. The van der Waals surface area contributed by atoms with Crippen molar-refractivity contribution >= 4 is 34.1 Å². The number of ether oxygens (including phenoxy) is 1. The number of nitrogens with one attached hydrogen (secondary N) is 1. The molecule has 1 radical (unpaired) electrons. The molecule has 0 amide bonds. The molecule has 0 aliphatic carbocycles. The van der Waals surface area contributed by atoms with Gasteiger partial charge in [0.05, 0.1) is 10.0 Å². The van der Waals surface area contributed by atoms with Crippen LogP contribution in [0.5, 0.6) is 11.5 Å². The molecule has 0 aliphatic heterocycles. The van der Waals surface area contributed by atoms with Crippen molar-refractivity contribution < 1.29 is 4.74 Å². The zero-order valence-corrected chi connectivity index (χ0v) is 13.9. The molecule has 2 nitrogen and oxygen atoms in total. The summed E-state index contributed by atoms with van der Waals surface area (Å²) >= 11 is 12.3. The van der Waals surface area contributed by atoms with Crippen LogP contribution in [0.15, 0.2) is 36.5 Å². The van der Waals surface area contributed by atoms with Gasteiger partial charge in [-0.3, -0.25) is 0 Å². The number of aromatic nitrogens is 1. The molecule has 0 saturated carbocycles. The normalized spacial score (nSPS) is 11.3. The SMILES string of the molecule is CC(C)Cc1c[nH]c2ccc(Oc3c(Cl)c[c]cc3Cl)cc12. The highest BCUT2D eigenvalue weighted by molar-refractivity contribution is 6.37. The molecule has 3 rings (SSSR count). The van der Waals surface area contributed by atoms with Crippen molar-refractivity contribution in [1.82, 2.24) is 4.98 Å². The van der Waals surface area contributed by atoms with E-state index >= 15 is 0 Å². The molecular formula is C18H16Cl2NO. The van der Waals surface area contributed by atoms with Crippen LogP contribution >= 0.6 is 23.2 Å². The van der Waals surface area contributed by atoms with E-state index in [1.165, 1.54) is 10.9 Å². The highest BCUT2D eigenvalue weighted by Gasteiger charge is 2.11. The fourth-order valence-corrected chi connectivity index (χ4v) is 2.93. The Labute approximate surface area is 140 Å². The number of benzene rings is 2. The van der Waals surface area contributed by atoms with E-state index in [-0.39, 0.29) is 0 Å². The molecule has 0 aliphatic rings. The lowest BCUT2D eigenvalue weighted by Gasteiger charge is -2.10. The van der Waals surface area contributed by atoms with Crippen molar-refractivity contribution in [3.8, 4) is 11.5 Å². The molecule has 0 bridgehead atoms. The van der Waals surface area contributed by atoms with Crippen LogP contribution < -0.4 is 4.74 Å². The summed E-state index contributed by atoms with van der Waals surface area (Å²) in [6, 6.07) is 12.1. The number of H-pyrrole nitrogens is 1. The highest BCUT2D eigenvalue weighted by Crippen LogP contribution is 2.37. The van der Waals surface area contributed by atoms with Gasteiger partial charge >= 0.3 is 0 Å². The lowest BCUT2D eigenvalue weighted by Crippen LogP contribution is -1.92. The van der Waals surface area contributed by atoms with Crippen LogP contribution in [-0.4, -0.2) is 4.98 Å². The summed E-state index contributed by atoms with van der Waals surface area (Å²) in [7, 11) is 0. The maximum atomic E-state index is 6.13. The van der Waals surface area contributed by atoms with Crippen LogP contribution in [0.1, 0.15) is 19.4 Å². The number of rotatable bonds is 4. The maximum Gasteiger partial charge on any atom is 0.164 e. The molecular weight excluding hydrogens is 317 g/mol. The molecule has 3 aromatic rings. The van der Waals surface area contributed by atoms with Gasteiger partial charge in [-0.15, -0.1) is 0 Å². The van der Waals surface area contributed by atoms with E-state index in [4.69, 9.17) is 27.9 Å². The molecule has 0 atom stereocenters. The Hall–Kier alpha value is -1.64. The second kappa shape index (κ2) is 6.23. The van der Waals surface area contributed by atoms with Crippen LogP contribution in [-0.2, 0) is 6.42 Å². The minimum atomic E-state index is 0.448. The van der Waals surface area contributed by atoms with E-state index in [0.29, 0.717) is 27.5 Å². The number of fused-ring (bicyclic) bond motifs is 1. The van der Waals surface area contributed by atoms with Crippen molar-refractivity contribution in [3.05, 3.63) is 58.2 Å². The minimum absolute atomic E-state index is 0.448. The van der Waals surface area contributed by atoms with Crippen LogP contribution in [0.4, 0.5) is 0 Å². The third kappa shape index (κ3) is 3.08. The standard InChI is InChI=1S/C18H16Cl2NO/c1-11(2)8-12-10-21-17-7-6-13(9-14(12)17)22-18-15(19)4-3-5-16(18)20/h4-7,9-11,21H,8H2,1-2H3. The average molecular weight is 333 g/mol. The predicted octanol–water partition coefficient (Wildman–Crippen LogP) is 6.27. The van der Waals surface area contributed by atoms with E-state index in [2.05, 4.69) is 31.1 Å². The molecule has 0 saturated heterocycles. The van der Waals surface area contributed by atoms with Crippen LogP contribution in [0, 0.1) is 12.0 Å². The van der Waals surface area contributed by atoms with Gasteiger partial charge in [0.25, 0.3) is 0 Å². The zero-order chi connectivity index (χ0) is 15.7. The third-order valence-electron chi connectivity index (χ3n) is 3.44. The number of aromatic amines is 1. The largest absolute Gasteiger partial charge is 0.454 e. The summed E-state index contributed by atoms with van der Waals surface area (Å²) in [4.78, 5) is 3.29. The first-order chi connectivity index (χ1) is 10.5.